The van der Waals surface area contributed by atoms with Gasteiger partial charge in [0.25, 0.3) is 0 Å². The van der Waals surface area contributed by atoms with Crippen molar-refractivity contribution >= 4 is 6.29 Å². The molecule has 0 fully saturated rings. The van der Waals surface area contributed by atoms with Crippen LogP contribution < -0.4 is 0 Å². The van der Waals surface area contributed by atoms with Crippen LogP contribution >= 0.6 is 0 Å². The molecule has 0 saturated heterocycles. The highest BCUT2D eigenvalue weighted by Crippen LogP contribution is 2.14. The number of benzene rings is 1. The van der Waals surface area contributed by atoms with Gasteiger partial charge in [0.1, 0.15) is 6.29 Å². The van der Waals surface area contributed by atoms with Gasteiger partial charge in [-0.1, -0.05) is 31.2 Å². The first kappa shape index (κ1) is 10.9. The highest BCUT2D eigenvalue weighted by molar-refractivity contribution is 5.61. The standard InChI is InChI=1S/C12H17NO/c1-10(9-14)12-6-4-5-11(7-12)8-13(2)3/h4-7,9-10H,8H2,1-3H3. The van der Waals surface area contributed by atoms with Gasteiger partial charge in [-0.15, -0.1) is 0 Å². The van der Waals surface area contributed by atoms with Gasteiger partial charge in [-0.3, -0.25) is 0 Å². The molecule has 0 radical (unpaired) electrons. The summed E-state index contributed by atoms with van der Waals surface area (Å²) >= 11 is 0. The van der Waals surface area contributed by atoms with Crippen molar-refractivity contribution in [2.24, 2.45) is 0 Å². The number of rotatable bonds is 4. The topological polar surface area (TPSA) is 20.3 Å². The predicted molar refractivity (Wildman–Crippen MR) is 58.3 cm³/mol. The van der Waals surface area contributed by atoms with Crippen LogP contribution in [-0.4, -0.2) is 25.3 Å². The van der Waals surface area contributed by atoms with Crippen molar-refractivity contribution in [1.29, 1.82) is 0 Å². The predicted octanol–water partition coefficient (Wildman–Crippen LogP) is 2.05. The Morgan fingerprint density at radius 2 is 2.14 bits per heavy atom. The third kappa shape index (κ3) is 2.96. The van der Waals surface area contributed by atoms with Crippen molar-refractivity contribution in [3.05, 3.63) is 35.4 Å². The van der Waals surface area contributed by atoms with Crippen molar-refractivity contribution in [2.45, 2.75) is 19.4 Å². The molecule has 0 aliphatic rings. The fourth-order valence-electron chi connectivity index (χ4n) is 1.42. The normalized spacial score (nSPS) is 12.9. The Kier molecular flexibility index (Phi) is 3.84. The molecular formula is C12H17NO. The first-order valence-corrected chi connectivity index (χ1v) is 4.82. The third-order valence-electron chi connectivity index (χ3n) is 2.18. The van der Waals surface area contributed by atoms with Crippen LogP contribution in [0.5, 0.6) is 0 Å². The summed E-state index contributed by atoms with van der Waals surface area (Å²) in [6.45, 7) is 2.83. The lowest BCUT2D eigenvalue weighted by molar-refractivity contribution is -0.108. The van der Waals surface area contributed by atoms with E-state index in [4.69, 9.17) is 0 Å². The lowest BCUT2D eigenvalue weighted by Crippen LogP contribution is -2.10. The van der Waals surface area contributed by atoms with Crippen LogP contribution in [0.3, 0.4) is 0 Å². The summed E-state index contributed by atoms with van der Waals surface area (Å²) < 4.78 is 0. The summed E-state index contributed by atoms with van der Waals surface area (Å²) in [4.78, 5) is 12.7. The Balaban J connectivity index is 2.83. The Morgan fingerprint density at radius 3 is 2.71 bits per heavy atom. The molecular weight excluding hydrogens is 174 g/mol. The first-order valence-electron chi connectivity index (χ1n) is 4.82. The van der Waals surface area contributed by atoms with Gasteiger partial charge in [0.2, 0.25) is 0 Å². The van der Waals surface area contributed by atoms with Gasteiger partial charge >= 0.3 is 0 Å². The van der Waals surface area contributed by atoms with E-state index in [0.29, 0.717) is 0 Å². The highest BCUT2D eigenvalue weighted by atomic mass is 16.1. The van der Waals surface area contributed by atoms with Crippen LogP contribution in [0, 0.1) is 0 Å². The van der Waals surface area contributed by atoms with Gasteiger partial charge < -0.3 is 9.69 Å². The molecule has 1 atom stereocenters. The molecule has 0 aliphatic heterocycles. The molecule has 14 heavy (non-hydrogen) atoms. The lowest BCUT2D eigenvalue weighted by atomic mass is 10.0. The zero-order valence-electron chi connectivity index (χ0n) is 9.03. The van der Waals surface area contributed by atoms with Crippen molar-refractivity contribution in [3.8, 4) is 0 Å². The summed E-state index contributed by atoms with van der Waals surface area (Å²) in [5.41, 5.74) is 2.35. The van der Waals surface area contributed by atoms with Gasteiger partial charge in [-0.05, 0) is 25.2 Å². The Labute approximate surface area is 85.5 Å². The van der Waals surface area contributed by atoms with Gasteiger partial charge in [-0.25, -0.2) is 0 Å². The van der Waals surface area contributed by atoms with Crippen LogP contribution in [0.25, 0.3) is 0 Å². The first-order chi connectivity index (χ1) is 6.63. The van der Waals surface area contributed by atoms with E-state index in [1.807, 2.05) is 33.2 Å². The van der Waals surface area contributed by atoms with E-state index in [2.05, 4.69) is 17.0 Å². The number of hydrogen-bond donors (Lipinski definition) is 0. The summed E-state index contributed by atoms with van der Waals surface area (Å²) in [5, 5.41) is 0. The molecule has 76 valence electrons. The number of carbonyl (C=O) groups excluding carboxylic acids is 1. The summed E-state index contributed by atoms with van der Waals surface area (Å²) in [6, 6.07) is 8.19. The Bertz CT molecular complexity index is 307. The van der Waals surface area contributed by atoms with Crippen molar-refractivity contribution in [3.63, 3.8) is 0 Å². The highest BCUT2D eigenvalue weighted by Gasteiger charge is 2.04. The minimum Gasteiger partial charge on any atom is -0.305 e. The number of nitrogens with zero attached hydrogens (tertiary/aromatic N) is 1. The summed E-state index contributed by atoms with van der Waals surface area (Å²) in [7, 11) is 4.08. The van der Waals surface area contributed by atoms with Crippen LogP contribution in [0.1, 0.15) is 24.0 Å². The quantitative estimate of drug-likeness (QED) is 0.679. The molecule has 2 heteroatoms. The van der Waals surface area contributed by atoms with Crippen LogP contribution in [0.15, 0.2) is 24.3 Å². The molecule has 0 amide bonds. The second-order valence-electron chi connectivity index (χ2n) is 3.91. The van der Waals surface area contributed by atoms with E-state index in [1.54, 1.807) is 0 Å². The minimum atomic E-state index is -0.00267. The smallest absolute Gasteiger partial charge is 0.127 e. The molecule has 1 rings (SSSR count). The number of aldehydes is 1. The van der Waals surface area contributed by atoms with E-state index >= 15 is 0 Å². The van der Waals surface area contributed by atoms with Crippen LogP contribution in [0.2, 0.25) is 0 Å². The lowest BCUT2D eigenvalue weighted by Gasteiger charge is -2.11. The molecule has 0 heterocycles. The maximum absolute atomic E-state index is 10.6. The second-order valence-corrected chi connectivity index (χ2v) is 3.91. The van der Waals surface area contributed by atoms with Crippen molar-refractivity contribution in [1.82, 2.24) is 4.90 Å². The third-order valence-corrected chi connectivity index (χ3v) is 2.18. The van der Waals surface area contributed by atoms with Crippen LogP contribution in [-0.2, 0) is 11.3 Å². The SMILES string of the molecule is CC(C=O)c1cccc(CN(C)C)c1. The van der Waals surface area contributed by atoms with Gasteiger partial charge in [0.05, 0.1) is 0 Å². The van der Waals surface area contributed by atoms with Crippen molar-refractivity contribution < 1.29 is 4.79 Å². The zero-order chi connectivity index (χ0) is 10.6. The number of hydrogen-bond acceptors (Lipinski definition) is 2. The average molecular weight is 191 g/mol. The van der Waals surface area contributed by atoms with E-state index < -0.39 is 0 Å². The largest absolute Gasteiger partial charge is 0.305 e. The minimum absolute atomic E-state index is 0.00267. The maximum Gasteiger partial charge on any atom is 0.127 e. The van der Waals surface area contributed by atoms with E-state index in [9.17, 15) is 4.79 Å². The van der Waals surface area contributed by atoms with Crippen molar-refractivity contribution in [2.75, 3.05) is 14.1 Å². The molecule has 2 nitrogen and oxygen atoms in total. The Hall–Kier alpha value is -1.15. The molecule has 0 aliphatic carbocycles. The summed E-state index contributed by atoms with van der Waals surface area (Å²) in [6.07, 6.45) is 0.981. The molecule has 0 saturated carbocycles. The van der Waals surface area contributed by atoms with Crippen LogP contribution in [0.4, 0.5) is 0 Å². The number of carbonyl (C=O) groups is 1. The Morgan fingerprint density at radius 1 is 1.43 bits per heavy atom. The monoisotopic (exact) mass is 191 g/mol. The average Bonchev–Trinajstić information content (AvgIpc) is 2.16. The molecule has 0 spiro atoms. The maximum atomic E-state index is 10.6. The molecule has 0 aromatic heterocycles. The molecule has 1 aromatic carbocycles. The van der Waals surface area contributed by atoms with Gasteiger partial charge in [0.15, 0.2) is 0 Å². The second kappa shape index (κ2) is 4.91. The van der Waals surface area contributed by atoms with E-state index in [1.165, 1.54) is 5.56 Å². The van der Waals surface area contributed by atoms with Gasteiger partial charge in [-0.2, -0.15) is 0 Å². The zero-order valence-corrected chi connectivity index (χ0v) is 9.03. The molecule has 1 aromatic rings. The van der Waals surface area contributed by atoms with E-state index in [-0.39, 0.29) is 5.92 Å². The summed E-state index contributed by atoms with van der Waals surface area (Å²) in [5.74, 6) is -0.00267. The fourth-order valence-corrected chi connectivity index (χ4v) is 1.42. The fraction of sp³-hybridized carbons (Fsp3) is 0.417. The van der Waals surface area contributed by atoms with E-state index in [0.717, 1.165) is 18.4 Å². The molecule has 1 unspecified atom stereocenters. The molecule has 0 N–H and O–H groups in total. The van der Waals surface area contributed by atoms with Gasteiger partial charge in [0, 0.05) is 12.5 Å². The molecule has 0 bridgehead atoms.